The zero-order valence-corrected chi connectivity index (χ0v) is 11.3. The van der Waals surface area contributed by atoms with Gasteiger partial charge in [-0.25, -0.2) is 4.79 Å². The van der Waals surface area contributed by atoms with Crippen LogP contribution in [0.5, 0.6) is 0 Å². The van der Waals surface area contributed by atoms with Crippen molar-refractivity contribution < 1.29 is 19.1 Å². The minimum Gasteiger partial charge on any atom is -0.475 e. The maximum Gasteiger partial charge on any atom is 0.371 e. The van der Waals surface area contributed by atoms with Crippen molar-refractivity contribution in [2.75, 3.05) is 5.32 Å². The monoisotopic (exact) mass is 273 g/mol. The van der Waals surface area contributed by atoms with Gasteiger partial charge in [0.1, 0.15) is 5.58 Å². The maximum absolute atomic E-state index is 12.0. The first-order chi connectivity index (χ1) is 9.37. The number of rotatable bonds is 3. The number of carbonyl (C=O) groups excluding carboxylic acids is 1. The van der Waals surface area contributed by atoms with Gasteiger partial charge in [-0.3, -0.25) is 4.79 Å². The van der Waals surface area contributed by atoms with Gasteiger partial charge < -0.3 is 14.8 Å². The quantitative estimate of drug-likeness (QED) is 0.900. The number of hydrogen-bond donors (Lipinski definition) is 2. The smallest absolute Gasteiger partial charge is 0.371 e. The van der Waals surface area contributed by atoms with Crippen LogP contribution >= 0.6 is 0 Å². The summed E-state index contributed by atoms with van der Waals surface area (Å²) in [5, 5.41) is 12.4. The molecule has 3 rings (SSSR count). The van der Waals surface area contributed by atoms with E-state index in [-0.39, 0.29) is 23.0 Å². The van der Waals surface area contributed by atoms with Gasteiger partial charge in [0.25, 0.3) is 0 Å². The standard InChI is InChI=1S/C15H15NO4/c1-15(2)7-10(15)13(17)16-9-3-4-11-8(5-9)6-12(20-11)14(18)19/h3-6,10H,7H2,1-2H3,(H,16,17)(H,18,19). The number of fused-ring (bicyclic) bond motifs is 1. The van der Waals surface area contributed by atoms with Gasteiger partial charge in [-0.2, -0.15) is 0 Å². The fourth-order valence-electron chi connectivity index (χ4n) is 2.37. The lowest BCUT2D eigenvalue weighted by Gasteiger charge is -2.06. The normalized spacial score (nSPS) is 19.8. The summed E-state index contributed by atoms with van der Waals surface area (Å²) in [7, 11) is 0. The average molecular weight is 273 g/mol. The Hall–Kier alpha value is -2.30. The van der Waals surface area contributed by atoms with Crippen LogP contribution in [0.3, 0.4) is 0 Å². The lowest BCUT2D eigenvalue weighted by atomic mass is 10.1. The molecule has 0 bridgehead atoms. The Morgan fingerprint density at radius 3 is 2.65 bits per heavy atom. The van der Waals surface area contributed by atoms with E-state index in [2.05, 4.69) is 19.2 Å². The SMILES string of the molecule is CC1(C)CC1C(=O)Nc1ccc2oc(C(=O)O)cc2c1. The first-order valence-corrected chi connectivity index (χ1v) is 6.44. The average Bonchev–Trinajstić information content (AvgIpc) is 2.84. The van der Waals surface area contributed by atoms with E-state index in [1.165, 1.54) is 6.07 Å². The van der Waals surface area contributed by atoms with E-state index in [1.807, 2.05) is 0 Å². The second-order valence-electron chi connectivity index (χ2n) is 5.90. The Kier molecular flexibility index (Phi) is 2.61. The van der Waals surface area contributed by atoms with Crippen LogP contribution in [0, 0.1) is 11.3 Å². The summed E-state index contributed by atoms with van der Waals surface area (Å²) in [6.07, 6.45) is 0.899. The predicted molar refractivity (Wildman–Crippen MR) is 73.7 cm³/mol. The Bertz CT molecular complexity index is 714. The van der Waals surface area contributed by atoms with Crippen LogP contribution in [0.4, 0.5) is 5.69 Å². The molecule has 1 atom stereocenters. The van der Waals surface area contributed by atoms with Crippen molar-refractivity contribution in [2.45, 2.75) is 20.3 Å². The van der Waals surface area contributed by atoms with E-state index in [4.69, 9.17) is 9.52 Å². The summed E-state index contributed by atoms with van der Waals surface area (Å²) < 4.78 is 5.17. The van der Waals surface area contributed by atoms with Crippen molar-refractivity contribution >= 4 is 28.5 Å². The van der Waals surface area contributed by atoms with Crippen LogP contribution in [0.25, 0.3) is 11.0 Å². The Balaban J connectivity index is 1.82. The van der Waals surface area contributed by atoms with Crippen LogP contribution < -0.4 is 5.32 Å². The number of carboxylic acids is 1. The molecular weight excluding hydrogens is 258 g/mol. The van der Waals surface area contributed by atoms with Crippen LogP contribution in [-0.2, 0) is 4.79 Å². The van der Waals surface area contributed by atoms with Crippen LogP contribution in [0.2, 0.25) is 0 Å². The molecule has 0 radical (unpaired) electrons. The molecular formula is C15H15NO4. The number of hydrogen-bond acceptors (Lipinski definition) is 3. The second-order valence-corrected chi connectivity index (χ2v) is 5.90. The molecule has 5 nitrogen and oxygen atoms in total. The van der Waals surface area contributed by atoms with Crippen LogP contribution in [-0.4, -0.2) is 17.0 Å². The molecule has 1 amide bonds. The molecule has 1 aromatic heterocycles. The highest BCUT2D eigenvalue weighted by Gasteiger charge is 2.50. The number of anilines is 1. The lowest BCUT2D eigenvalue weighted by Crippen LogP contribution is -2.16. The molecule has 1 aliphatic carbocycles. The number of carbonyl (C=O) groups is 2. The molecule has 2 aromatic rings. The van der Waals surface area contributed by atoms with E-state index in [0.29, 0.717) is 16.7 Å². The van der Waals surface area contributed by atoms with Crippen molar-refractivity contribution in [2.24, 2.45) is 11.3 Å². The number of amides is 1. The minimum absolute atomic E-state index is 0.0105. The number of nitrogens with one attached hydrogen (secondary N) is 1. The van der Waals surface area contributed by atoms with E-state index < -0.39 is 5.97 Å². The molecule has 20 heavy (non-hydrogen) atoms. The van der Waals surface area contributed by atoms with E-state index >= 15 is 0 Å². The molecule has 1 aliphatic rings. The van der Waals surface area contributed by atoms with Gasteiger partial charge in [-0.15, -0.1) is 0 Å². The number of carboxylic acid groups (broad SMARTS) is 1. The molecule has 0 aliphatic heterocycles. The van der Waals surface area contributed by atoms with Crippen LogP contribution in [0.1, 0.15) is 30.8 Å². The summed E-state index contributed by atoms with van der Waals surface area (Å²) in [5.41, 5.74) is 1.23. The van der Waals surface area contributed by atoms with Crippen molar-refractivity contribution in [1.29, 1.82) is 0 Å². The van der Waals surface area contributed by atoms with Gasteiger partial charge in [0.2, 0.25) is 11.7 Å². The third-order valence-electron chi connectivity index (χ3n) is 3.82. The molecule has 5 heteroatoms. The molecule has 1 fully saturated rings. The molecule has 0 saturated heterocycles. The first kappa shape index (κ1) is 12.7. The molecule has 1 aromatic carbocycles. The van der Waals surface area contributed by atoms with Gasteiger partial charge in [-0.1, -0.05) is 13.8 Å². The number of aromatic carboxylic acids is 1. The molecule has 1 heterocycles. The van der Waals surface area contributed by atoms with Gasteiger partial charge in [0.05, 0.1) is 0 Å². The molecule has 104 valence electrons. The highest BCUT2D eigenvalue weighted by Crippen LogP contribution is 2.52. The number of furan rings is 1. The Morgan fingerprint density at radius 1 is 1.35 bits per heavy atom. The van der Waals surface area contributed by atoms with Gasteiger partial charge in [0.15, 0.2) is 0 Å². The zero-order valence-electron chi connectivity index (χ0n) is 11.3. The highest BCUT2D eigenvalue weighted by atomic mass is 16.4. The Morgan fingerprint density at radius 2 is 2.05 bits per heavy atom. The minimum atomic E-state index is -1.11. The third-order valence-corrected chi connectivity index (χ3v) is 3.82. The van der Waals surface area contributed by atoms with Crippen LogP contribution in [0.15, 0.2) is 28.7 Å². The van der Waals surface area contributed by atoms with E-state index in [9.17, 15) is 9.59 Å². The fraction of sp³-hybridized carbons (Fsp3) is 0.333. The molecule has 0 spiro atoms. The van der Waals surface area contributed by atoms with E-state index in [1.54, 1.807) is 18.2 Å². The van der Waals surface area contributed by atoms with Crippen molar-refractivity contribution in [3.8, 4) is 0 Å². The fourth-order valence-corrected chi connectivity index (χ4v) is 2.37. The summed E-state index contributed by atoms with van der Waals surface area (Å²) in [4.78, 5) is 22.9. The molecule has 2 N–H and O–H groups in total. The summed E-state index contributed by atoms with van der Waals surface area (Å²) in [6, 6.07) is 6.55. The highest BCUT2D eigenvalue weighted by molar-refractivity contribution is 5.98. The summed E-state index contributed by atoms with van der Waals surface area (Å²) in [5.74, 6) is -1.15. The number of benzene rings is 1. The largest absolute Gasteiger partial charge is 0.475 e. The second kappa shape index (κ2) is 4.10. The zero-order chi connectivity index (χ0) is 14.5. The van der Waals surface area contributed by atoms with Gasteiger partial charge >= 0.3 is 5.97 Å². The van der Waals surface area contributed by atoms with Gasteiger partial charge in [0, 0.05) is 17.0 Å². The lowest BCUT2D eigenvalue weighted by molar-refractivity contribution is -0.118. The first-order valence-electron chi connectivity index (χ1n) is 6.44. The predicted octanol–water partition coefficient (Wildman–Crippen LogP) is 3.12. The van der Waals surface area contributed by atoms with Crippen molar-refractivity contribution in [3.05, 3.63) is 30.0 Å². The molecule has 1 unspecified atom stereocenters. The third kappa shape index (κ3) is 2.15. The molecule has 1 saturated carbocycles. The maximum atomic E-state index is 12.0. The van der Waals surface area contributed by atoms with Crippen molar-refractivity contribution in [3.63, 3.8) is 0 Å². The topological polar surface area (TPSA) is 79.5 Å². The Labute approximate surface area is 115 Å². The van der Waals surface area contributed by atoms with Crippen molar-refractivity contribution in [1.82, 2.24) is 0 Å². The van der Waals surface area contributed by atoms with E-state index in [0.717, 1.165) is 6.42 Å². The summed E-state index contributed by atoms with van der Waals surface area (Å²) in [6.45, 7) is 4.13. The summed E-state index contributed by atoms with van der Waals surface area (Å²) >= 11 is 0. The van der Waals surface area contributed by atoms with Gasteiger partial charge in [-0.05, 0) is 36.1 Å².